The van der Waals surface area contributed by atoms with Crippen LogP contribution in [0.2, 0.25) is 10.0 Å². The normalized spacial score (nSPS) is 17.7. The molecular formula is C27H33Cl2N5O3. The summed E-state index contributed by atoms with van der Waals surface area (Å²) in [4.78, 5) is 44.8. The molecule has 198 valence electrons. The lowest BCUT2D eigenvalue weighted by molar-refractivity contribution is -0.137. The summed E-state index contributed by atoms with van der Waals surface area (Å²) in [7, 11) is 0. The van der Waals surface area contributed by atoms with E-state index in [1.165, 1.54) is 0 Å². The number of benzene rings is 2. The van der Waals surface area contributed by atoms with Crippen molar-refractivity contribution in [3.8, 4) is 0 Å². The maximum atomic E-state index is 13.8. The number of piperidine rings is 1. The third-order valence-electron chi connectivity index (χ3n) is 7.31. The smallest absolute Gasteiger partial charge is 0.321 e. The van der Waals surface area contributed by atoms with Crippen molar-refractivity contribution in [2.24, 2.45) is 5.92 Å². The number of anilines is 2. The molecule has 2 aliphatic heterocycles. The van der Waals surface area contributed by atoms with Crippen LogP contribution in [0.5, 0.6) is 0 Å². The number of likely N-dealkylation sites (tertiary alicyclic amines) is 1. The van der Waals surface area contributed by atoms with Crippen molar-refractivity contribution in [1.29, 1.82) is 0 Å². The number of nitrogens with one attached hydrogen (secondary N) is 2. The SMILES string of the molecule is CCC(C)CNC(=O)CN1CN(c2ccccc2)C2(CCN(C(=O)Nc3ccc(Cl)c(Cl)c3)CC2)C1=O. The first-order chi connectivity index (χ1) is 17.7. The second-order valence-corrected chi connectivity index (χ2v) is 10.6. The van der Waals surface area contributed by atoms with E-state index in [-0.39, 0.29) is 24.4 Å². The van der Waals surface area contributed by atoms with Crippen LogP contribution >= 0.6 is 23.2 Å². The molecular weight excluding hydrogens is 513 g/mol. The van der Waals surface area contributed by atoms with Crippen LogP contribution in [0.15, 0.2) is 48.5 Å². The molecule has 2 saturated heterocycles. The number of carbonyl (C=O) groups is 3. The Kier molecular flexibility index (Phi) is 8.49. The van der Waals surface area contributed by atoms with Gasteiger partial charge < -0.3 is 25.3 Å². The Hall–Kier alpha value is -2.97. The van der Waals surface area contributed by atoms with E-state index in [1.54, 1.807) is 28.0 Å². The quantitative estimate of drug-likeness (QED) is 0.521. The van der Waals surface area contributed by atoms with E-state index in [0.29, 0.717) is 60.8 Å². The van der Waals surface area contributed by atoms with Gasteiger partial charge in [-0.05, 0) is 49.1 Å². The number of rotatable bonds is 7. The summed E-state index contributed by atoms with van der Waals surface area (Å²) in [6.45, 7) is 5.90. The molecule has 0 radical (unpaired) electrons. The van der Waals surface area contributed by atoms with Gasteiger partial charge in [0.25, 0.3) is 5.91 Å². The third-order valence-corrected chi connectivity index (χ3v) is 8.05. The first-order valence-electron chi connectivity index (χ1n) is 12.6. The molecule has 2 fully saturated rings. The van der Waals surface area contributed by atoms with Gasteiger partial charge >= 0.3 is 6.03 Å². The van der Waals surface area contributed by atoms with Crippen LogP contribution in [0.1, 0.15) is 33.1 Å². The monoisotopic (exact) mass is 545 g/mol. The highest BCUT2D eigenvalue weighted by atomic mass is 35.5. The van der Waals surface area contributed by atoms with Crippen molar-refractivity contribution in [3.05, 3.63) is 58.6 Å². The summed E-state index contributed by atoms with van der Waals surface area (Å²) in [6.07, 6.45) is 1.89. The fourth-order valence-corrected chi connectivity index (χ4v) is 5.14. The van der Waals surface area contributed by atoms with E-state index in [0.717, 1.165) is 12.1 Å². The largest absolute Gasteiger partial charge is 0.354 e. The minimum atomic E-state index is -0.807. The third kappa shape index (κ3) is 5.96. The van der Waals surface area contributed by atoms with Crippen LogP contribution in [0, 0.1) is 5.92 Å². The molecule has 1 spiro atoms. The number of para-hydroxylation sites is 1. The molecule has 37 heavy (non-hydrogen) atoms. The lowest BCUT2D eigenvalue weighted by Crippen LogP contribution is -2.58. The van der Waals surface area contributed by atoms with Gasteiger partial charge in [0.1, 0.15) is 12.1 Å². The van der Waals surface area contributed by atoms with Gasteiger partial charge in [0, 0.05) is 31.0 Å². The van der Waals surface area contributed by atoms with Crippen LogP contribution in [0.25, 0.3) is 0 Å². The average Bonchev–Trinajstić information content (AvgIpc) is 3.16. The van der Waals surface area contributed by atoms with Crippen LogP contribution in [-0.2, 0) is 9.59 Å². The highest BCUT2D eigenvalue weighted by Gasteiger charge is 2.54. The van der Waals surface area contributed by atoms with Gasteiger partial charge in [-0.2, -0.15) is 0 Å². The Morgan fingerprint density at radius 3 is 2.41 bits per heavy atom. The van der Waals surface area contributed by atoms with E-state index < -0.39 is 5.54 Å². The Balaban J connectivity index is 1.46. The Morgan fingerprint density at radius 2 is 1.76 bits per heavy atom. The molecule has 2 aromatic rings. The van der Waals surface area contributed by atoms with Crippen LogP contribution in [-0.4, -0.2) is 66.0 Å². The van der Waals surface area contributed by atoms with E-state index in [2.05, 4.69) is 29.4 Å². The second kappa shape index (κ2) is 11.6. The van der Waals surface area contributed by atoms with Gasteiger partial charge in [-0.15, -0.1) is 0 Å². The summed E-state index contributed by atoms with van der Waals surface area (Å²) in [5.74, 6) is 0.154. The molecule has 2 heterocycles. The van der Waals surface area contributed by atoms with Crippen LogP contribution in [0.4, 0.5) is 16.2 Å². The summed E-state index contributed by atoms with van der Waals surface area (Å²) < 4.78 is 0. The van der Waals surface area contributed by atoms with E-state index in [1.807, 2.05) is 30.3 Å². The molecule has 2 aliphatic rings. The standard InChI is InChI=1S/C27H33Cl2N5O3/c1-3-19(2)16-30-24(35)17-33-18-34(21-7-5-4-6-8-21)27(25(33)36)11-13-32(14-12-27)26(37)31-20-9-10-22(28)23(29)15-20/h4-10,15,19H,3,11-14,16-18H2,1-2H3,(H,30,35)(H,31,37). The zero-order valence-electron chi connectivity index (χ0n) is 21.2. The number of carbonyl (C=O) groups excluding carboxylic acids is 3. The van der Waals surface area contributed by atoms with Gasteiger partial charge in [-0.1, -0.05) is 61.7 Å². The highest BCUT2D eigenvalue weighted by Crippen LogP contribution is 2.39. The summed E-state index contributed by atoms with van der Waals surface area (Å²) in [6, 6.07) is 14.4. The molecule has 2 N–H and O–H groups in total. The van der Waals surface area contributed by atoms with Gasteiger partial charge in [-0.25, -0.2) is 4.79 Å². The minimum Gasteiger partial charge on any atom is -0.354 e. The van der Waals surface area contributed by atoms with E-state index in [9.17, 15) is 14.4 Å². The van der Waals surface area contributed by atoms with Crippen molar-refractivity contribution in [2.45, 2.75) is 38.6 Å². The van der Waals surface area contributed by atoms with E-state index in [4.69, 9.17) is 23.2 Å². The predicted molar refractivity (Wildman–Crippen MR) is 147 cm³/mol. The number of hydrogen-bond acceptors (Lipinski definition) is 4. The molecule has 0 aliphatic carbocycles. The fourth-order valence-electron chi connectivity index (χ4n) is 4.84. The lowest BCUT2D eigenvalue weighted by Gasteiger charge is -2.43. The maximum absolute atomic E-state index is 13.8. The molecule has 8 nitrogen and oxygen atoms in total. The van der Waals surface area contributed by atoms with Gasteiger partial charge in [0.15, 0.2) is 0 Å². The number of hydrogen-bond donors (Lipinski definition) is 2. The zero-order valence-corrected chi connectivity index (χ0v) is 22.7. The molecule has 0 aromatic heterocycles. The van der Waals surface area contributed by atoms with Crippen molar-refractivity contribution in [2.75, 3.05) is 43.1 Å². The van der Waals surface area contributed by atoms with Gasteiger partial charge in [-0.3, -0.25) is 9.59 Å². The molecule has 4 rings (SSSR count). The molecule has 1 atom stereocenters. The minimum absolute atomic E-state index is 0.0158. The average molecular weight is 546 g/mol. The number of nitrogens with zero attached hydrogens (tertiary/aromatic N) is 3. The van der Waals surface area contributed by atoms with Crippen molar-refractivity contribution in [1.82, 2.24) is 15.1 Å². The molecule has 0 saturated carbocycles. The number of amides is 4. The van der Waals surface area contributed by atoms with E-state index >= 15 is 0 Å². The van der Waals surface area contributed by atoms with Crippen molar-refractivity contribution >= 4 is 52.4 Å². The molecule has 0 bridgehead atoms. The Bertz CT molecular complexity index is 1140. The first-order valence-corrected chi connectivity index (χ1v) is 13.4. The summed E-state index contributed by atoms with van der Waals surface area (Å²) in [5.41, 5.74) is 0.669. The van der Waals surface area contributed by atoms with Crippen LogP contribution < -0.4 is 15.5 Å². The maximum Gasteiger partial charge on any atom is 0.321 e. The fraction of sp³-hybridized carbons (Fsp3) is 0.444. The topological polar surface area (TPSA) is 85.0 Å². The van der Waals surface area contributed by atoms with Gasteiger partial charge in [0.2, 0.25) is 5.91 Å². The number of urea groups is 1. The Morgan fingerprint density at radius 1 is 1.05 bits per heavy atom. The highest BCUT2D eigenvalue weighted by molar-refractivity contribution is 6.42. The van der Waals surface area contributed by atoms with Crippen molar-refractivity contribution < 1.29 is 14.4 Å². The zero-order chi connectivity index (χ0) is 26.6. The molecule has 4 amide bonds. The van der Waals surface area contributed by atoms with Crippen LogP contribution in [0.3, 0.4) is 0 Å². The lowest BCUT2D eigenvalue weighted by atomic mass is 9.85. The summed E-state index contributed by atoms with van der Waals surface area (Å²) >= 11 is 12.0. The molecule has 10 heteroatoms. The predicted octanol–water partition coefficient (Wildman–Crippen LogP) is 4.83. The Labute approximate surface area is 227 Å². The van der Waals surface area contributed by atoms with Gasteiger partial charge in [0.05, 0.1) is 16.7 Å². The molecule has 2 aromatic carbocycles. The molecule has 1 unspecified atom stereocenters. The summed E-state index contributed by atoms with van der Waals surface area (Å²) in [5, 5.41) is 6.58. The first kappa shape index (κ1) is 27.1. The van der Waals surface area contributed by atoms with Crippen molar-refractivity contribution in [3.63, 3.8) is 0 Å². The number of halogens is 2. The second-order valence-electron chi connectivity index (χ2n) is 9.80.